The molecule has 0 saturated heterocycles. The first kappa shape index (κ1) is 62.4. The van der Waals surface area contributed by atoms with Crippen LogP contribution in [-0.4, -0.2) is 49.3 Å². The molecule has 2 atom stereocenters. The number of esters is 2. The molecule has 3 aromatic rings. The third-order valence-corrected chi connectivity index (χ3v) is 14.0. The van der Waals surface area contributed by atoms with Crippen molar-refractivity contribution in [2.24, 2.45) is 0 Å². The van der Waals surface area contributed by atoms with Gasteiger partial charge in [-0.25, -0.2) is 19.2 Å². The van der Waals surface area contributed by atoms with Gasteiger partial charge >= 0.3 is 24.0 Å². The number of amides is 4. The summed E-state index contributed by atoms with van der Waals surface area (Å²) in [5.74, 6) is -0.950. The Morgan fingerprint density at radius 3 is 1.05 bits per heavy atom. The molecule has 0 bridgehead atoms. The molecule has 73 heavy (non-hydrogen) atoms. The lowest BCUT2D eigenvalue weighted by atomic mass is 10.0. The lowest BCUT2D eigenvalue weighted by molar-refractivity contribution is -0.146. The Morgan fingerprint density at radius 2 is 0.712 bits per heavy atom. The van der Waals surface area contributed by atoms with Crippen LogP contribution in [0.25, 0.3) is 0 Å². The molecule has 10 heteroatoms. The van der Waals surface area contributed by atoms with Gasteiger partial charge < -0.3 is 30.7 Å². The molecule has 3 aromatic carbocycles. The van der Waals surface area contributed by atoms with Crippen LogP contribution < -0.4 is 21.3 Å². The minimum atomic E-state index is -0.902. The number of carbonyl (C=O) groups is 4. The van der Waals surface area contributed by atoms with Gasteiger partial charge in [-0.05, 0) is 48.6 Å². The molecular formula is C63H100N4O6. The van der Waals surface area contributed by atoms with Crippen molar-refractivity contribution < 1.29 is 28.7 Å². The van der Waals surface area contributed by atoms with E-state index in [0.29, 0.717) is 24.6 Å². The van der Waals surface area contributed by atoms with Gasteiger partial charge in [0, 0.05) is 24.2 Å². The monoisotopic (exact) mass is 1010 g/mol. The van der Waals surface area contributed by atoms with E-state index in [0.717, 1.165) is 55.2 Å². The summed E-state index contributed by atoms with van der Waals surface area (Å²) in [6.45, 7) is 7.01. The average molecular weight is 1010 g/mol. The molecule has 0 saturated carbocycles. The van der Waals surface area contributed by atoms with Gasteiger partial charge in [0.1, 0.15) is 12.1 Å². The lowest BCUT2D eigenvalue weighted by Crippen LogP contribution is -2.45. The molecule has 4 N–H and O–H groups in total. The van der Waals surface area contributed by atoms with Crippen LogP contribution in [-0.2, 0) is 31.9 Å². The van der Waals surface area contributed by atoms with E-state index in [4.69, 9.17) is 9.47 Å². The predicted molar refractivity (Wildman–Crippen MR) is 304 cm³/mol. The zero-order valence-electron chi connectivity index (χ0n) is 46.1. The Morgan fingerprint density at radius 1 is 0.397 bits per heavy atom. The standard InChI is InChI=1S/C63H100N4O6/c1-4-6-8-10-12-14-16-18-20-22-24-26-28-30-32-40-48-72-60(68)58(50-54-42-36-34-37-43-54)66-62(70)64-56-47-46-53(3)57(52-56)65-63(71)67-59(51-55-44-38-35-39-45-55)61(69)73-49-41-33-31-29-27-25-23-21-19-17-15-13-11-9-7-5-2/h34-39,42-47,52,58-59H,4-33,40-41,48-51H2,1-3H3,(H2,64,66,70)(H2,65,67,71)/t58-,59-/m0/s1. The predicted octanol–water partition coefficient (Wildman–Crippen LogP) is 17.1. The van der Waals surface area contributed by atoms with E-state index >= 15 is 0 Å². The van der Waals surface area contributed by atoms with Gasteiger partial charge in [0.25, 0.3) is 0 Å². The van der Waals surface area contributed by atoms with E-state index in [-0.39, 0.29) is 12.8 Å². The molecule has 0 unspecified atom stereocenters. The van der Waals surface area contributed by atoms with Crippen molar-refractivity contribution in [3.8, 4) is 0 Å². The highest BCUT2D eigenvalue weighted by atomic mass is 16.5. The maximum absolute atomic E-state index is 13.5. The minimum Gasteiger partial charge on any atom is -0.464 e. The number of urea groups is 2. The first-order chi connectivity index (χ1) is 35.8. The summed E-state index contributed by atoms with van der Waals surface area (Å²) in [5, 5.41) is 11.4. The number of hydrogen-bond acceptors (Lipinski definition) is 6. The Balaban J connectivity index is 1.39. The van der Waals surface area contributed by atoms with Crippen LogP contribution >= 0.6 is 0 Å². The number of ether oxygens (including phenoxy) is 2. The molecule has 0 aliphatic rings. The van der Waals surface area contributed by atoms with E-state index in [1.807, 2.05) is 67.6 Å². The maximum atomic E-state index is 13.5. The fraction of sp³-hybridized carbons (Fsp3) is 0.651. The second kappa shape index (κ2) is 42.5. The molecule has 4 amide bonds. The van der Waals surface area contributed by atoms with Gasteiger partial charge in [0.05, 0.1) is 13.2 Å². The van der Waals surface area contributed by atoms with E-state index in [1.54, 1.807) is 18.2 Å². The Hall–Kier alpha value is -4.86. The van der Waals surface area contributed by atoms with Crippen LogP contribution in [0, 0.1) is 6.92 Å². The molecule has 3 rings (SSSR count). The molecule has 0 radical (unpaired) electrons. The van der Waals surface area contributed by atoms with Gasteiger partial charge in [0.15, 0.2) is 0 Å². The van der Waals surface area contributed by atoms with E-state index in [1.165, 1.54) is 167 Å². The Labute approximate surface area is 443 Å². The van der Waals surface area contributed by atoms with Crippen molar-refractivity contribution in [2.45, 2.75) is 251 Å². The van der Waals surface area contributed by atoms with Crippen LogP contribution in [0.3, 0.4) is 0 Å². The Kier molecular flexibility index (Phi) is 36.3. The Bertz CT molecular complexity index is 1860. The molecule has 10 nitrogen and oxygen atoms in total. The van der Waals surface area contributed by atoms with Gasteiger partial charge in [-0.15, -0.1) is 0 Å². The summed E-state index contributed by atoms with van der Waals surface area (Å²) in [4.78, 5) is 53.8. The smallest absolute Gasteiger partial charge is 0.329 e. The van der Waals surface area contributed by atoms with Gasteiger partial charge in [-0.1, -0.05) is 273 Å². The van der Waals surface area contributed by atoms with Crippen molar-refractivity contribution in [3.63, 3.8) is 0 Å². The van der Waals surface area contributed by atoms with Gasteiger partial charge in [-0.2, -0.15) is 0 Å². The van der Waals surface area contributed by atoms with Crippen LogP contribution in [0.1, 0.15) is 236 Å². The fourth-order valence-electron chi connectivity index (χ4n) is 9.41. The van der Waals surface area contributed by atoms with E-state index in [2.05, 4.69) is 35.1 Å². The highest BCUT2D eigenvalue weighted by Crippen LogP contribution is 2.22. The summed E-state index contributed by atoms with van der Waals surface area (Å²) >= 11 is 0. The van der Waals surface area contributed by atoms with Crippen molar-refractivity contribution in [1.82, 2.24) is 10.6 Å². The summed E-state index contributed by atoms with van der Waals surface area (Å²) < 4.78 is 11.4. The van der Waals surface area contributed by atoms with Crippen molar-refractivity contribution >= 4 is 35.4 Å². The largest absolute Gasteiger partial charge is 0.464 e. The summed E-state index contributed by atoms with van der Waals surface area (Å²) in [6, 6.07) is 21.3. The summed E-state index contributed by atoms with van der Waals surface area (Å²) in [5.41, 5.74) is 3.42. The molecule has 0 aromatic heterocycles. The summed E-state index contributed by atoms with van der Waals surface area (Å²) in [6.07, 6.45) is 41.2. The average Bonchev–Trinajstić information content (AvgIpc) is 3.39. The number of aryl methyl sites for hydroxylation is 1. The third kappa shape index (κ3) is 32.1. The second-order valence-corrected chi connectivity index (χ2v) is 20.7. The highest BCUT2D eigenvalue weighted by Gasteiger charge is 2.25. The van der Waals surface area contributed by atoms with Crippen LogP contribution in [0.5, 0.6) is 0 Å². The van der Waals surface area contributed by atoms with Crippen LogP contribution in [0.2, 0.25) is 0 Å². The number of nitrogens with one attached hydrogen (secondary N) is 4. The molecule has 0 heterocycles. The quantitative estimate of drug-likeness (QED) is 0.0329. The topological polar surface area (TPSA) is 135 Å². The molecule has 0 fully saturated rings. The fourth-order valence-corrected chi connectivity index (χ4v) is 9.41. The zero-order chi connectivity index (χ0) is 52.2. The molecule has 408 valence electrons. The number of hydrogen-bond donors (Lipinski definition) is 4. The molecule has 0 aliphatic carbocycles. The number of unbranched alkanes of at least 4 members (excludes halogenated alkanes) is 30. The van der Waals surface area contributed by atoms with Crippen LogP contribution in [0.4, 0.5) is 21.0 Å². The van der Waals surface area contributed by atoms with Gasteiger partial charge in [0.2, 0.25) is 0 Å². The van der Waals surface area contributed by atoms with Crippen molar-refractivity contribution in [3.05, 3.63) is 95.6 Å². The highest BCUT2D eigenvalue weighted by molar-refractivity contribution is 5.96. The number of rotatable bonds is 44. The van der Waals surface area contributed by atoms with Crippen LogP contribution in [0.15, 0.2) is 78.9 Å². The zero-order valence-corrected chi connectivity index (χ0v) is 46.1. The molecular weight excluding hydrogens is 909 g/mol. The molecule has 0 aliphatic heterocycles. The maximum Gasteiger partial charge on any atom is 0.329 e. The SMILES string of the molecule is CCCCCCCCCCCCCCCCCCOC(=O)[C@H](Cc1ccccc1)NC(=O)Nc1ccc(C)c(NC(=O)N[C@@H](Cc2ccccc2)C(=O)OCCCCCCCCCCCCCCCCCC)c1. The van der Waals surface area contributed by atoms with E-state index in [9.17, 15) is 19.2 Å². The van der Waals surface area contributed by atoms with E-state index < -0.39 is 36.1 Å². The first-order valence-electron chi connectivity index (χ1n) is 29.5. The second-order valence-electron chi connectivity index (χ2n) is 20.7. The van der Waals surface area contributed by atoms with Crippen molar-refractivity contribution in [1.29, 1.82) is 0 Å². The lowest BCUT2D eigenvalue weighted by Gasteiger charge is -2.20. The number of benzene rings is 3. The summed E-state index contributed by atoms with van der Waals surface area (Å²) in [7, 11) is 0. The van der Waals surface area contributed by atoms with Crippen molar-refractivity contribution in [2.75, 3.05) is 23.8 Å². The normalized spacial score (nSPS) is 11.9. The third-order valence-electron chi connectivity index (χ3n) is 14.0. The van der Waals surface area contributed by atoms with Gasteiger partial charge in [-0.3, -0.25) is 0 Å². The molecule has 0 spiro atoms. The minimum absolute atomic E-state index is 0.277. The first-order valence-corrected chi connectivity index (χ1v) is 29.5. The number of anilines is 2. The number of carbonyl (C=O) groups excluding carboxylic acids is 4.